The van der Waals surface area contributed by atoms with Crippen molar-refractivity contribution in [3.05, 3.63) is 0 Å². The second-order valence-electron chi connectivity index (χ2n) is 10.2. The SMILES string of the molecule is COC1CC(C)C2C(O)C3OC(=O)CC4C(C)C(OC)C(O)C(C2(C)C1=O)C43C. The third-order valence-electron chi connectivity index (χ3n) is 9.15. The van der Waals surface area contributed by atoms with E-state index in [9.17, 15) is 19.8 Å². The number of methoxy groups -OCH3 is 2. The topological polar surface area (TPSA) is 102 Å². The lowest BCUT2D eigenvalue weighted by atomic mass is 9.37. The smallest absolute Gasteiger partial charge is 0.306 e. The Bertz CT molecular complexity index is 709. The first kappa shape index (κ1) is 21.2. The van der Waals surface area contributed by atoms with Gasteiger partial charge in [-0.1, -0.05) is 27.7 Å². The van der Waals surface area contributed by atoms with Gasteiger partial charge in [0.05, 0.1) is 18.3 Å². The summed E-state index contributed by atoms with van der Waals surface area (Å²) in [7, 11) is 3.09. The van der Waals surface area contributed by atoms with E-state index in [1.807, 2.05) is 27.7 Å². The number of fused-ring (bicyclic) bond motifs is 2. The van der Waals surface area contributed by atoms with Crippen molar-refractivity contribution in [3.8, 4) is 0 Å². The van der Waals surface area contributed by atoms with Crippen molar-refractivity contribution < 1.29 is 34.0 Å². The van der Waals surface area contributed by atoms with Gasteiger partial charge < -0.3 is 24.4 Å². The Kier molecular flexibility index (Phi) is 4.93. The average molecular weight is 411 g/mol. The van der Waals surface area contributed by atoms with Crippen LogP contribution in [-0.2, 0) is 23.8 Å². The maximum atomic E-state index is 13.7. The molecule has 4 aliphatic rings. The monoisotopic (exact) mass is 410 g/mol. The zero-order chi connectivity index (χ0) is 21.5. The van der Waals surface area contributed by atoms with Crippen LogP contribution in [0.3, 0.4) is 0 Å². The average Bonchev–Trinajstić information content (AvgIpc) is 2.65. The molecule has 164 valence electrons. The number of rotatable bonds is 2. The number of aliphatic hydroxyl groups excluding tert-OH is 2. The third-order valence-corrected chi connectivity index (χ3v) is 9.15. The molecular weight excluding hydrogens is 376 g/mol. The molecule has 3 saturated carbocycles. The summed E-state index contributed by atoms with van der Waals surface area (Å²) in [6.07, 6.45) is -3.01. The number of esters is 1. The lowest BCUT2D eigenvalue weighted by Gasteiger charge is -2.70. The molecule has 0 spiro atoms. The van der Waals surface area contributed by atoms with E-state index >= 15 is 0 Å². The lowest BCUT2D eigenvalue weighted by molar-refractivity contribution is -0.310. The van der Waals surface area contributed by atoms with Gasteiger partial charge in [-0.3, -0.25) is 9.59 Å². The standard InChI is InChI=1S/C22H34O7/c1-9-7-12(27-5)19(26)22(4)14(9)15(24)20-21(3)11(8-13(23)29-20)10(2)17(28-6)16(25)18(21)22/h9-12,14-18,20,24-25H,7-8H2,1-6H3. The molecule has 3 aliphatic carbocycles. The van der Waals surface area contributed by atoms with Crippen LogP contribution >= 0.6 is 0 Å². The Labute approximate surface area is 172 Å². The van der Waals surface area contributed by atoms with Crippen LogP contribution in [0.2, 0.25) is 0 Å². The summed E-state index contributed by atoms with van der Waals surface area (Å²) < 4.78 is 17.0. The van der Waals surface area contributed by atoms with E-state index < -0.39 is 53.2 Å². The molecule has 0 aromatic carbocycles. The number of hydrogen-bond acceptors (Lipinski definition) is 7. The van der Waals surface area contributed by atoms with Crippen LogP contribution in [0.15, 0.2) is 0 Å². The van der Waals surface area contributed by atoms with Crippen LogP contribution < -0.4 is 0 Å². The molecule has 7 heteroatoms. The van der Waals surface area contributed by atoms with Crippen LogP contribution in [0.1, 0.15) is 40.5 Å². The van der Waals surface area contributed by atoms with Gasteiger partial charge >= 0.3 is 5.97 Å². The molecule has 4 rings (SSSR count). The van der Waals surface area contributed by atoms with Gasteiger partial charge in [-0.05, 0) is 24.2 Å². The van der Waals surface area contributed by atoms with E-state index in [-0.39, 0.29) is 35.9 Å². The fraction of sp³-hybridized carbons (Fsp3) is 0.909. The minimum absolute atomic E-state index is 0.0335. The molecule has 7 nitrogen and oxygen atoms in total. The van der Waals surface area contributed by atoms with E-state index in [0.717, 1.165) is 0 Å². The highest BCUT2D eigenvalue weighted by molar-refractivity contribution is 5.91. The molecular formula is C22H34O7. The Morgan fingerprint density at radius 2 is 1.72 bits per heavy atom. The number of ether oxygens (including phenoxy) is 3. The first-order chi connectivity index (χ1) is 13.5. The predicted molar refractivity (Wildman–Crippen MR) is 103 cm³/mol. The van der Waals surface area contributed by atoms with E-state index in [1.54, 1.807) is 7.11 Å². The molecule has 2 N–H and O–H groups in total. The van der Waals surface area contributed by atoms with Gasteiger partial charge in [0.2, 0.25) is 0 Å². The molecule has 1 aliphatic heterocycles. The summed E-state index contributed by atoms with van der Waals surface area (Å²) in [5.41, 5.74) is -1.75. The second kappa shape index (κ2) is 6.74. The number of hydrogen-bond donors (Lipinski definition) is 2. The number of Topliss-reactive ketones (excluding diaryl/α,β-unsaturated/α-hetero) is 1. The van der Waals surface area contributed by atoms with Crippen molar-refractivity contribution in [1.29, 1.82) is 0 Å². The number of aliphatic hydroxyl groups is 2. The maximum Gasteiger partial charge on any atom is 0.306 e. The van der Waals surface area contributed by atoms with Gasteiger partial charge in [0, 0.05) is 43.3 Å². The van der Waals surface area contributed by atoms with Crippen LogP contribution in [0.25, 0.3) is 0 Å². The number of ketones is 1. The van der Waals surface area contributed by atoms with Crippen molar-refractivity contribution in [2.75, 3.05) is 14.2 Å². The molecule has 12 unspecified atom stereocenters. The van der Waals surface area contributed by atoms with Gasteiger partial charge in [0.1, 0.15) is 12.2 Å². The Hall–Kier alpha value is -1.02. The normalized spacial score (nSPS) is 57.0. The molecule has 1 heterocycles. The third kappa shape index (κ3) is 2.45. The molecule has 4 fully saturated rings. The van der Waals surface area contributed by atoms with Crippen LogP contribution in [-0.4, -0.2) is 66.7 Å². The molecule has 0 aromatic rings. The minimum Gasteiger partial charge on any atom is -0.459 e. The zero-order valence-corrected chi connectivity index (χ0v) is 18.1. The van der Waals surface area contributed by atoms with E-state index in [4.69, 9.17) is 14.2 Å². The zero-order valence-electron chi connectivity index (χ0n) is 18.1. The fourth-order valence-electron chi connectivity index (χ4n) is 8.11. The molecule has 12 atom stereocenters. The molecule has 0 amide bonds. The molecule has 0 radical (unpaired) electrons. The highest BCUT2D eigenvalue weighted by atomic mass is 16.6. The van der Waals surface area contributed by atoms with Crippen LogP contribution in [0.5, 0.6) is 0 Å². The Morgan fingerprint density at radius 3 is 2.31 bits per heavy atom. The molecule has 1 saturated heterocycles. The van der Waals surface area contributed by atoms with Gasteiger partial charge in [-0.25, -0.2) is 0 Å². The Balaban J connectivity index is 1.95. The molecule has 0 aromatic heterocycles. The number of carbonyl (C=O) groups is 2. The maximum absolute atomic E-state index is 13.7. The summed E-state index contributed by atoms with van der Waals surface area (Å²) in [4.78, 5) is 26.2. The van der Waals surface area contributed by atoms with E-state index in [0.29, 0.717) is 6.42 Å². The van der Waals surface area contributed by atoms with Crippen molar-refractivity contribution in [1.82, 2.24) is 0 Å². The summed E-state index contributed by atoms with van der Waals surface area (Å²) >= 11 is 0. The highest BCUT2D eigenvalue weighted by Crippen LogP contribution is 2.68. The van der Waals surface area contributed by atoms with E-state index in [2.05, 4.69) is 0 Å². The van der Waals surface area contributed by atoms with Crippen LogP contribution in [0.4, 0.5) is 0 Å². The number of carbonyl (C=O) groups excluding carboxylic acids is 2. The van der Waals surface area contributed by atoms with Gasteiger partial charge in [-0.15, -0.1) is 0 Å². The van der Waals surface area contributed by atoms with E-state index in [1.165, 1.54) is 7.11 Å². The van der Waals surface area contributed by atoms with Gasteiger partial charge in [0.15, 0.2) is 5.78 Å². The van der Waals surface area contributed by atoms with Gasteiger partial charge in [0.25, 0.3) is 0 Å². The summed E-state index contributed by atoms with van der Waals surface area (Å²) in [6, 6.07) is 0. The molecule has 29 heavy (non-hydrogen) atoms. The summed E-state index contributed by atoms with van der Waals surface area (Å²) in [5.74, 6) is -1.67. The van der Waals surface area contributed by atoms with Crippen molar-refractivity contribution in [2.24, 2.45) is 40.4 Å². The first-order valence-corrected chi connectivity index (χ1v) is 10.7. The van der Waals surface area contributed by atoms with Crippen LogP contribution in [0, 0.1) is 40.4 Å². The van der Waals surface area contributed by atoms with Crippen molar-refractivity contribution >= 4 is 11.8 Å². The van der Waals surface area contributed by atoms with Gasteiger partial charge in [-0.2, -0.15) is 0 Å². The lowest BCUT2D eigenvalue weighted by Crippen LogP contribution is -2.78. The summed E-state index contributed by atoms with van der Waals surface area (Å²) in [5, 5.41) is 23.0. The largest absolute Gasteiger partial charge is 0.459 e. The summed E-state index contributed by atoms with van der Waals surface area (Å²) in [6.45, 7) is 7.82. The van der Waals surface area contributed by atoms with Crippen molar-refractivity contribution in [3.63, 3.8) is 0 Å². The molecule has 0 bridgehead atoms. The second-order valence-corrected chi connectivity index (χ2v) is 10.2. The predicted octanol–water partition coefficient (Wildman–Crippen LogP) is 1.19. The fourth-order valence-corrected chi connectivity index (χ4v) is 8.11. The highest BCUT2D eigenvalue weighted by Gasteiger charge is 2.76. The minimum atomic E-state index is -1.01. The first-order valence-electron chi connectivity index (χ1n) is 10.7. The Morgan fingerprint density at radius 1 is 1.07 bits per heavy atom. The van der Waals surface area contributed by atoms with Crippen molar-refractivity contribution in [2.45, 2.75) is 71.1 Å². The quantitative estimate of drug-likeness (QED) is 0.659.